The summed E-state index contributed by atoms with van der Waals surface area (Å²) in [5.74, 6) is 0.176. The van der Waals surface area contributed by atoms with Crippen molar-refractivity contribution in [2.75, 3.05) is 39.9 Å². The molecule has 0 saturated carbocycles. The van der Waals surface area contributed by atoms with Gasteiger partial charge in [0.2, 0.25) is 5.91 Å². The number of piperidine rings is 1. The average molecular weight is 431 g/mol. The molecule has 2 aromatic rings. The first-order chi connectivity index (χ1) is 14.5. The fourth-order valence-corrected chi connectivity index (χ4v) is 5.31. The summed E-state index contributed by atoms with van der Waals surface area (Å²) in [5.41, 5.74) is 2.10. The molecular weight excluding hydrogens is 403 g/mol. The van der Waals surface area contributed by atoms with Crippen LogP contribution in [0.1, 0.15) is 29.9 Å². The van der Waals surface area contributed by atoms with Crippen LogP contribution in [0, 0.1) is 11.2 Å². The second-order valence-corrected chi connectivity index (χ2v) is 8.98. The zero-order valence-corrected chi connectivity index (χ0v) is 18.1. The van der Waals surface area contributed by atoms with E-state index in [-0.39, 0.29) is 23.7 Å². The minimum atomic E-state index is -0.250. The van der Waals surface area contributed by atoms with E-state index in [9.17, 15) is 9.18 Å². The smallest absolute Gasteiger partial charge is 0.248 e. The van der Waals surface area contributed by atoms with Crippen LogP contribution in [-0.2, 0) is 16.1 Å². The summed E-state index contributed by atoms with van der Waals surface area (Å²) in [7, 11) is 1.56. The zero-order valence-electron chi connectivity index (χ0n) is 17.3. The maximum absolute atomic E-state index is 14.4. The largest absolute Gasteiger partial charge is 0.375 e. The van der Waals surface area contributed by atoms with E-state index in [0.717, 1.165) is 39.0 Å². The zero-order chi connectivity index (χ0) is 21.1. The maximum Gasteiger partial charge on any atom is 0.248 e. The number of carbonyl (C=O) groups excluding carboxylic acids is 1. The van der Waals surface area contributed by atoms with Crippen LogP contribution in [0.3, 0.4) is 0 Å². The lowest BCUT2D eigenvalue weighted by molar-refractivity contribution is -0.137. The Labute approximate surface area is 182 Å². The van der Waals surface area contributed by atoms with Gasteiger partial charge in [-0.1, -0.05) is 48.0 Å². The van der Waals surface area contributed by atoms with Crippen molar-refractivity contribution in [3.05, 3.63) is 70.5 Å². The van der Waals surface area contributed by atoms with Crippen molar-refractivity contribution in [2.24, 2.45) is 5.41 Å². The number of carbonyl (C=O) groups is 1. The highest BCUT2D eigenvalue weighted by Gasteiger charge is 2.48. The van der Waals surface area contributed by atoms with Gasteiger partial charge < -0.3 is 9.64 Å². The second kappa shape index (κ2) is 9.04. The molecular formula is C24H28ClFN2O2. The highest BCUT2D eigenvalue weighted by Crippen LogP contribution is 2.50. The number of amides is 1. The third-order valence-corrected chi connectivity index (χ3v) is 6.94. The number of benzene rings is 2. The Kier molecular flexibility index (Phi) is 6.42. The quantitative estimate of drug-likeness (QED) is 0.707. The average Bonchev–Trinajstić information content (AvgIpc) is 3.09. The van der Waals surface area contributed by atoms with Gasteiger partial charge in [0.25, 0.3) is 0 Å². The summed E-state index contributed by atoms with van der Waals surface area (Å²) >= 11 is 5.92. The van der Waals surface area contributed by atoms with E-state index in [2.05, 4.69) is 29.2 Å². The molecule has 2 heterocycles. The summed E-state index contributed by atoms with van der Waals surface area (Å²) in [6.45, 7) is 3.99. The van der Waals surface area contributed by atoms with Crippen LogP contribution >= 0.6 is 11.6 Å². The van der Waals surface area contributed by atoms with Crippen molar-refractivity contribution in [2.45, 2.75) is 25.3 Å². The van der Waals surface area contributed by atoms with Crippen LogP contribution in [0.5, 0.6) is 0 Å². The molecule has 4 nitrogen and oxygen atoms in total. The van der Waals surface area contributed by atoms with Crippen LogP contribution in [0.4, 0.5) is 4.39 Å². The summed E-state index contributed by atoms with van der Waals surface area (Å²) < 4.78 is 19.4. The van der Waals surface area contributed by atoms with Gasteiger partial charge >= 0.3 is 0 Å². The molecule has 2 aromatic carbocycles. The van der Waals surface area contributed by atoms with E-state index >= 15 is 0 Å². The summed E-state index contributed by atoms with van der Waals surface area (Å²) in [6, 6.07) is 15.5. The first kappa shape index (κ1) is 21.3. The Morgan fingerprint density at radius 1 is 1.20 bits per heavy atom. The van der Waals surface area contributed by atoms with E-state index in [4.69, 9.17) is 16.3 Å². The molecule has 2 saturated heterocycles. The number of ether oxygens (including phenoxy) is 1. The topological polar surface area (TPSA) is 32.8 Å². The number of halogens is 2. The minimum absolute atomic E-state index is 0.0571. The monoisotopic (exact) mass is 430 g/mol. The molecule has 1 unspecified atom stereocenters. The predicted molar refractivity (Wildman–Crippen MR) is 116 cm³/mol. The molecule has 0 N–H and O–H groups in total. The number of nitrogens with zero attached hydrogens (tertiary/aromatic N) is 2. The molecule has 2 aliphatic heterocycles. The van der Waals surface area contributed by atoms with Crippen molar-refractivity contribution in [3.63, 3.8) is 0 Å². The second-order valence-electron chi connectivity index (χ2n) is 8.54. The van der Waals surface area contributed by atoms with Gasteiger partial charge in [-0.15, -0.1) is 0 Å². The highest BCUT2D eigenvalue weighted by molar-refractivity contribution is 6.30. The van der Waals surface area contributed by atoms with Crippen molar-refractivity contribution >= 4 is 17.5 Å². The molecule has 160 valence electrons. The van der Waals surface area contributed by atoms with Crippen LogP contribution in [0.2, 0.25) is 5.02 Å². The lowest BCUT2D eigenvalue weighted by Crippen LogP contribution is -2.47. The fraction of sp³-hybridized carbons (Fsp3) is 0.458. The number of likely N-dealkylation sites (tertiary alicyclic amines) is 2. The van der Waals surface area contributed by atoms with Gasteiger partial charge in [0.15, 0.2) is 0 Å². The molecule has 1 spiro atoms. The minimum Gasteiger partial charge on any atom is -0.375 e. The first-order valence-corrected chi connectivity index (χ1v) is 10.9. The van der Waals surface area contributed by atoms with E-state index in [1.165, 1.54) is 11.6 Å². The summed E-state index contributed by atoms with van der Waals surface area (Å²) in [6.07, 6.45) is 1.89. The Morgan fingerprint density at radius 3 is 2.60 bits per heavy atom. The SMILES string of the molecule is COCC(=O)N1CCC2(CC1)CN(Cc1ccc(Cl)cc1F)CC2c1ccccc1. The van der Waals surface area contributed by atoms with E-state index < -0.39 is 0 Å². The molecule has 1 atom stereocenters. The summed E-state index contributed by atoms with van der Waals surface area (Å²) in [4.78, 5) is 16.5. The number of rotatable bonds is 5. The molecule has 0 aromatic heterocycles. The lowest BCUT2D eigenvalue weighted by atomic mass is 9.68. The number of methoxy groups -OCH3 is 1. The first-order valence-electron chi connectivity index (χ1n) is 10.5. The maximum atomic E-state index is 14.4. The standard InChI is InChI=1S/C24H28ClFN2O2/c1-30-16-23(29)28-11-9-24(10-12-28)17-27(14-19-7-8-20(25)13-22(19)26)15-21(24)18-5-3-2-4-6-18/h2-8,13,21H,9-12,14-17H2,1H3. The van der Waals surface area contributed by atoms with Gasteiger partial charge in [-0.3, -0.25) is 9.69 Å². The van der Waals surface area contributed by atoms with E-state index in [1.807, 2.05) is 11.0 Å². The Morgan fingerprint density at radius 2 is 1.93 bits per heavy atom. The molecule has 0 radical (unpaired) electrons. The third-order valence-electron chi connectivity index (χ3n) is 6.71. The molecule has 30 heavy (non-hydrogen) atoms. The van der Waals surface area contributed by atoms with Gasteiger partial charge in [0.1, 0.15) is 12.4 Å². The van der Waals surface area contributed by atoms with Crippen molar-refractivity contribution in [3.8, 4) is 0 Å². The highest BCUT2D eigenvalue weighted by atomic mass is 35.5. The molecule has 2 fully saturated rings. The van der Waals surface area contributed by atoms with Crippen molar-refractivity contribution in [1.29, 1.82) is 0 Å². The van der Waals surface area contributed by atoms with Crippen LogP contribution < -0.4 is 0 Å². The van der Waals surface area contributed by atoms with Gasteiger partial charge in [-0.05, 0) is 36.0 Å². The number of hydrogen-bond donors (Lipinski definition) is 0. The number of hydrogen-bond acceptors (Lipinski definition) is 3. The van der Waals surface area contributed by atoms with Gasteiger partial charge in [-0.25, -0.2) is 4.39 Å². The van der Waals surface area contributed by atoms with Gasteiger partial charge in [0, 0.05) is 56.3 Å². The molecule has 1 amide bonds. The predicted octanol–water partition coefficient (Wildman–Crippen LogP) is 4.33. The van der Waals surface area contributed by atoms with E-state index in [0.29, 0.717) is 23.0 Å². The Balaban J connectivity index is 1.54. The molecule has 4 rings (SSSR count). The normalized spacial score (nSPS) is 21.3. The molecule has 6 heteroatoms. The molecule has 0 aliphatic carbocycles. The van der Waals surface area contributed by atoms with E-state index in [1.54, 1.807) is 19.2 Å². The fourth-order valence-electron chi connectivity index (χ4n) is 5.15. The van der Waals surface area contributed by atoms with Gasteiger partial charge in [0.05, 0.1) is 0 Å². The van der Waals surface area contributed by atoms with Crippen molar-refractivity contribution < 1.29 is 13.9 Å². The Bertz CT molecular complexity index is 884. The van der Waals surface area contributed by atoms with Crippen LogP contribution in [0.25, 0.3) is 0 Å². The van der Waals surface area contributed by atoms with Gasteiger partial charge in [-0.2, -0.15) is 0 Å². The molecule has 0 bridgehead atoms. The van der Waals surface area contributed by atoms with Crippen LogP contribution in [0.15, 0.2) is 48.5 Å². The third kappa shape index (κ3) is 4.39. The Hall–Kier alpha value is -1.95. The van der Waals surface area contributed by atoms with Crippen molar-refractivity contribution in [1.82, 2.24) is 9.80 Å². The lowest BCUT2D eigenvalue weighted by Gasteiger charge is -2.43. The summed E-state index contributed by atoms with van der Waals surface area (Å²) in [5, 5.41) is 0.421. The van der Waals surface area contributed by atoms with Crippen LogP contribution in [-0.4, -0.2) is 55.6 Å². The molecule has 2 aliphatic rings.